The number of aromatic nitrogens is 2. The van der Waals surface area contributed by atoms with E-state index >= 15 is 0 Å². The molecule has 2 heterocycles. The van der Waals surface area contributed by atoms with Gasteiger partial charge in [-0.3, -0.25) is 14.8 Å². The van der Waals surface area contributed by atoms with Crippen LogP contribution in [0.5, 0.6) is 0 Å². The quantitative estimate of drug-likeness (QED) is 0.488. The third kappa shape index (κ3) is 6.54. The number of anilines is 2. The van der Waals surface area contributed by atoms with Gasteiger partial charge in [-0.05, 0) is 13.0 Å². The van der Waals surface area contributed by atoms with Crippen molar-refractivity contribution in [2.75, 3.05) is 22.9 Å². The Bertz CT molecular complexity index is 1060. The number of hydrogen-bond donors (Lipinski definition) is 2. The molecule has 0 aliphatic heterocycles. The molecule has 2 rings (SSSR count). The predicted molar refractivity (Wildman–Crippen MR) is 99.2 cm³/mol. The van der Waals surface area contributed by atoms with Crippen LogP contribution >= 0.6 is 22.9 Å². The van der Waals surface area contributed by atoms with Crippen molar-refractivity contribution in [1.29, 1.82) is 0 Å². The highest BCUT2D eigenvalue weighted by Gasteiger charge is 2.41. The summed E-state index contributed by atoms with van der Waals surface area (Å²) < 4.78 is 65.0. The van der Waals surface area contributed by atoms with Crippen molar-refractivity contribution in [1.82, 2.24) is 9.97 Å². The Morgan fingerprint density at radius 2 is 2.00 bits per heavy atom. The first-order valence-electron chi connectivity index (χ1n) is 7.41. The molecule has 0 aliphatic rings. The van der Waals surface area contributed by atoms with E-state index in [4.69, 9.17) is 11.6 Å². The second-order valence-corrected chi connectivity index (χ2v) is 8.60. The van der Waals surface area contributed by atoms with E-state index in [2.05, 4.69) is 24.7 Å². The lowest BCUT2D eigenvalue weighted by atomic mass is 10.2. The van der Waals surface area contributed by atoms with Crippen LogP contribution in [0.2, 0.25) is 5.15 Å². The Morgan fingerprint density at radius 1 is 1.34 bits per heavy atom. The molecule has 0 spiro atoms. The number of esters is 1. The number of amides is 1. The molecule has 0 atom stereocenters. The van der Waals surface area contributed by atoms with Crippen LogP contribution in [-0.2, 0) is 24.3 Å². The molecule has 0 aliphatic carbocycles. The molecule has 2 aromatic heterocycles. The van der Waals surface area contributed by atoms with Crippen molar-refractivity contribution in [3.05, 3.63) is 23.1 Å². The zero-order valence-electron chi connectivity index (χ0n) is 14.6. The number of hydrogen-bond acceptors (Lipinski definition) is 8. The smallest absolute Gasteiger partial charge is 0.449 e. The zero-order valence-corrected chi connectivity index (χ0v) is 17.0. The number of pyridine rings is 1. The second-order valence-electron chi connectivity index (χ2n) is 5.49. The Labute approximate surface area is 171 Å². The molecule has 1 amide bonds. The van der Waals surface area contributed by atoms with Gasteiger partial charge in [-0.2, -0.15) is 13.2 Å². The van der Waals surface area contributed by atoms with Crippen LogP contribution in [0.25, 0.3) is 10.4 Å². The minimum atomic E-state index is -5.20. The molecule has 29 heavy (non-hydrogen) atoms. The molecule has 0 saturated carbocycles. The third-order valence-electron chi connectivity index (χ3n) is 3.01. The predicted octanol–water partition coefficient (Wildman–Crippen LogP) is 2.58. The highest BCUT2D eigenvalue weighted by atomic mass is 35.5. The third-order valence-corrected chi connectivity index (χ3v) is 5.02. The van der Waals surface area contributed by atoms with Crippen LogP contribution in [-0.4, -0.2) is 49.3 Å². The number of carbonyl (C=O) groups is 2. The number of alkyl halides is 3. The van der Waals surface area contributed by atoms with Crippen LogP contribution in [0.1, 0.15) is 5.69 Å². The molecule has 0 aromatic carbocycles. The lowest BCUT2D eigenvalue weighted by molar-refractivity contribution is -0.199. The summed E-state index contributed by atoms with van der Waals surface area (Å²) in [5, 5.41) is 2.15. The van der Waals surface area contributed by atoms with Gasteiger partial charge in [0.05, 0.1) is 22.5 Å². The number of nitrogens with zero attached hydrogens (tertiary/aromatic N) is 2. The topological polar surface area (TPSA) is 127 Å². The summed E-state index contributed by atoms with van der Waals surface area (Å²) in [6.07, 6.45) is -2.91. The van der Waals surface area contributed by atoms with E-state index in [9.17, 15) is 31.2 Å². The average Bonchev–Trinajstić information content (AvgIpc) is 2.92. The van der Waals surface area contributed by atoms with Crippen molar-refractivity contribution < 1.29 is 35.9 Å². The fraction of sp³-hybridized carbons (Fsp3) is 0.286. The fourth-order valence-corrected chi connectivity index (χ4v) is 3.65. The molecular formula is C14H12ClF3N4O5S2. The summed E-state index contributed by atoms with van der Waals surface area (Å²) >= 11 is 6.81. The van der Waals surface area contributed by atoms with Gasteiger partial charge in [0, 0.05) is 11.8 Å². The number of rotatable bonds is 6. The first-order valence-corrected chi connectivity index (χ1v) is 10.5. The monoisotopic (exact) mass is 472 g/mol. The van der Waals surface area contributed by atoms with Crippen molar-refractivity contribution in [2.24, 2.45) is 0 Å². The van der Waals surface area contributed by atoms with Gasteiger partial charge in [0.2, 0.25) is 10.0 Å². The van der Waals surface area contributed by atoms with Crippen molar-refractivity contribution in [3.8, 4) is 10.4 Å². The lowest BCUT2D eigenvalue weighted by Crippen LogP contribution is -2.29. The minimum Gasteiger partial charge on any atom is -0.449 e. The molecule has 15 heteroatoms. The van der Waals surface area contributed by atoms with Crippen LogP contribution in [0.15, 0.2) is 12.3 Å². The first-order chi connectivity index (χ1) is 13.3. The highest BCUT2D eigenvalue weighted by molar-refractivity contribution is 7.92. The molecule has 0 bridgehead atoms. The average molecular weight is 473 g/mol. The molecule has 2 aromatic rings. The summed E-state index contributed by atoms with van der Waals surface area (Å²) in [5.41, 5.74) is 0.885. The Balaban J connectivity index is 2.15. The second kappa shape index (κ2) is 8.51. The van der Waals surface area contributed by atoms with E-state index in [1.54, 1.807) is 6.92 Å². The van der Waals surface area contributed by atoms with Gasteiger partial charge in [-0.25, -0.2) is 23.2 Å². The summed E-state index contributed by atoms with van der Waals surface area (Å²) in [6.45, 7) is 0.445. The number of thiazole rings is 1. The van der Waals surface area contributed by atoms with Gasteiger partial charge < -0.3 is 4.74 Å². The van der Waals surface area contributed by atoms with E-state index in [0.717, 1.165) is 17.6 Å². The number of nitrogens with one attached hydrogen (secondary N) is 2. The summed E-state index contributed by atoms with van der Waals surface area (Å²) in [7, 11) is -3.61. The number of aryl methyl sites for hydroxylation is 1. The number of sulfonamides is 1. The molecule has 0 unspecified atom stereocenters. The standard InChI is InChI=1S/C14H12ClF3N4O5S2/c1-6-10(7-3-8(11(15)19-4-7)22-29(2,25)26)28-13(20-6)21-9(23)5-27-12(24)14(16,17)18/h3-4,22H,5H2,1-2H3,(H,20,21,23). The van der Waals surface area contributed by atoms with Crippen LogP contribution in [0, 0.1) is 6.92 Å². The summed E-state index contributed by atoms with van der Waals surface area (Å²) in [5.74, 6) is -3.50. The highest BCUT2D eigenvalue weighted by Crippen LogP contribution is 2.35. The molecule has 0 saturated heterocycles. The van der Waals surface area contributed by atoms with Crippen LogP contribution < -0.4 is 10.0 Å². The largest absolute Gasteiger partial charge is 0.490 e. The van der Waals surface area contributed by atoms with Crippen molar-refractivity contribution >= 4 is 55.7 Å². The van der Waals surface area contributed by atoms with Crippen LogP contribution in [0.3, 0.4) is 0 Å². The van der Waals surface area contributed by atoms with Gasteiger partial charge >= 0.3 is 12.1 Å². The van der Waals surface area contributed by atoms with Gasteiger partial charge in [-0.1, -0.05) is 22.9 Å². The molecular weight excluding hydrogens is 461 g/mol. The lowest BCUT2D eigenvalue weighted by Gasteiger charge is -2.07. The van der Waals surface area contributed by atoms with E-state index < -0.39 is 34.7 Å². The molecule has 158 valence electrons. The Hall–Kier alpha value is -2.45. The number of carbonyl (C=O) groups excluding carboxylic acids is 2. The van der Waals surface area contributed by atoms with Gasteiger partial charge in [-0.15, -0.1) is 0 Å². The van der Waals surface area contributed by atoms with E-state index in [-0.39, 0.29) is 16.0 Å². The van der Waals surface area contributed by atoms with Crippen molar-refractivity contribution in [2.45, 2.75) is 13.1 Å². The van der Waals surface area contributed by atoms with Crippen molar-refractivity contribution in [3.63, 3.8) is 0 Å². The normalized spacial score (nSPS) is 11.8. The number of ether oxygens (including phenoxy) is 1. The van der Waals surface area contributed by atoms with E-state index in [1.807, 2.05) is 0 Å². The first kappa shape index (κ1) is 22.8. The Morgan fingerprint density at radius 3 is 2.59 bits per heavy atom. The summed E-state index contributed by atoms with van der Waals surface area (Å²) in [4.78, 5) is 30.7. The van der Waals surface area contributed by atoms with E-state index in [1.165, 1.54) is 12.3 Å². The maximum absolute atomic E-state index is 12.1. The fourth-order valence-electron chi connectivity index (χ4n) is 1.93. The van der Waals surface area contributed by atoms with Gasteiger partial charge in [0.25, 0.3) is 5.91 Å². The maximum Gasteiger partial charge on any atom is 0.490 e. The molecule has 0 radical (unpaired) electrons. The molecule has 2 N–H and O–H groups in total. The van der Waals surface area contributed by atoms with Gasteiger partial charge in [0.1, 0.15) is 0 Å². The molecule has 0 fully saturated rings. The van der Waals surface area contributed by atoms with E-state index in [0.29, 0.717) is 16.1 Å². The van der Waals surface area contributed by atoms with Crippen LogP contribution in [0.4, 0.5) is 24.0 Å². The zero-order chi connectivity index (χ0) is 22.0. The van der Waals surface area contributed by atoms with Gasteiger partial charge in [0.15, 0.2) is 16.9 Å². The molecule has 9 nitrogen and oxygen atoms in total. The Kier molecular flexibility index (Phi) is 6.70. The number of halogens is 4. The summed E-state index contributed by atoms with van der Waals surface area (Å²) in [6, 6.07) is 1.41. The minimum absolute atomic E-state index is 0.0260. The maximum atomic E-state index is 12.1. The SMILES string of the molecule is Cc1nc(NC(=O)COC(=O)C(F)(F)F)sc1-c1cnc(Cl)c(NS(C)(=O)=O)c1.